The van der Waals surface area contributed by atoms with Crippen LogP contribution in [0.25, 0.3) is 10.2 Å². The number of hydrogen-bond acceptors (Lipinski definition) is 4. The van der Waals surface area contributed by atoms with Gasteiger partial charge in [-0.25, -0.2) is 4.98 Å². The van der Waals surface area contributed by atoms with Crippen LogP contribution in [0, 0.1) is 13.8 Å². The van der Waals surface area contributed by atoms with Crippen molar-refractivity contribution >= 4 is 32.6 Å². The molecule has 0 aliphatic rings. The molecule has 4 nitrogen and oxygen atoms in total. The summed E-state index contributed by atoms with van der Waals surface area (Å²) in [5.74, 6) is 0.642. The van der Waals surface area contributed by atoms with Gasteiger partial charge in [0.1, 0.15) is 5.76 Å². The Bertz CT molecular complexity index is 1070. The van der Waals surface area contributed by atoms with Crippen molar-refractivity contribution in [1.82, 2.24) is 4.98 Å². The van der Waals surface area contributed by atoms with Crippen molar-refractivity contribution in [2.45, 2.75) is 20.4 Å². The van der Waals surface area contributed by atoms with Gasteiger partial charge in [-0.15, -0.1) is 0 Å². The van der Waals surface area contributed by atoms with Gasteiger partial charge in [-0.05, 0) is 49.7 Å². The standard InChI is InChI=1S/C21H18N2O2S/c1-14-6-3-8-16(12-14)20(24)23(13-17-9-5-11-25-17)21-22-19-15(2)7-4-10-18(19)26-21/h3-12H,13H2,1-2H3. The van der Waals surface area contributed by atoms with Gasteiger partial charge in [0.05, 0.1) is 23.0 Å². The minimum absolute atomic E-state index is 0.0817. The molecule has 0 fully saturated rings. The molecule has 0 radical (unpaired) electrons. The molecule has 0 aliphatic heterocycles. The fourth-order valence-corrected chi connectivity index (χ4v) is 3.95. The molecule has 0 atom stereocenters. The molecule has 0 saturated heterocycles. The average molecular weight is 362 g/mol. The number of furan rings is 1. The molecule has 0 aliphatic carbocycles. The maximum atomic E-state index is 13.2. The van der Waals surface area contributed by atoms with Gasteiger partial charge in [0, 0.05) is 5.56 Å². The number of carbonyl (C=O) groups is 1. The summed E-state index contributed by atoms with van der Waals surface area (Å²) in [4.78, 5) is 19.7. The summed E-state index contributed by atoms with van der Waals surface area (Å²) in [5, 5.41) is 0.678. The summed E-state index contributed by atoms with van der Waals surface area (Å²) in [6.07, 6.45) is 1.62. The smallest absolute Gasteiger partial charge is 0.260 e. The van der Waals surface area contributed by atoms with Crippen LogP contribution in [0.15, 0.2) is 65.3 Å². The van der Waals surface area contributed by atoms with Crippen molar-refractivity contribution in [3.8, 4) is 0 Å². The first-order valence-corrected chi connectivity index (χ1v) is 9.20. The molecule has 0 N–H and O–H groups in total. The summed E-state index contributed by atoms with van der Waals surface area (Å²) in [7, 11) is 0. The number of amides is 1. The molecule has 2 heterocycles. The van der Waals surface area contributed by atoms with Crippen molar-refractivity contribution in [3.05, 3.63) is 83.3 Å². The van der Waals surface area contributed by atoms with E-state index >= 15 is 0 Å². The first-order chi connectivity index (χ1) is 12.6. The van der Waals surface area contributed by atoms with Crippen LogP contribution in [0.3, 0.4) is 0 Å². The van der Waals surface area contributed by atoms with Crippen LogP contribution in [-0.4, -0.2) is 10.9 Å². The van der Waals surface area contributed by atoms with Crippen LogP contribution < -0.4 is 4.90 Å². The second-order valence-corrected chi connectivity index (χ2v) is 7.27. The fraction of sp³-hybridized carbons (Fsp3) is 0.143. The highest BCUT2D eigenvalue weighted by Gasteiger charge is 2.23. The maximum absolute atomic E-state index is 13.2. The maximum Gasteiger partial charge on any atom is 0.260 e. The number of aromatic nitrogens is 1. The zero-order valence-corrected chi connectivity index (χ0v) is 15.4. The van der Waals surface area contributed by atoms with Crippen molar-refractivity contribution in [2.75, 3.05) is 4.90 Å². The Kier molecular flexibility index (Phi) is 4.31. The van der Waals surface area contributed by atoms with Crippen molar-refractivity contribution < 1.29 is 9.21 Å². The summed E-state index contributed by atoms with van der Waals surface area (Å²) in [6.45, 7) is 4.36. The average Bonchev–Trinajstić information content (AvgIpc) is 3.29. The van der Waals surface area contributed by atoms with E-state index in [1.807, 2.05) is 68.4 Å². The van der Waals surface area contributed by atoms with Crippen LogP contribution in [0.4, 0.5) is 5.13 Å². The third kappa shape index (κ3) is 3.13. The Morgan fingerprint density at radius 2 is 1.96 bits per heavy atom. The summed E-state index contributed by atoms with van der Waals surface area (Å²) < 4.78 is 6.55. The lowest BCUT2D eigenvalue weighted by Gasteiger charge is -2.19. The second-order valence-electron chi connectivity index (χ2n) is 6.26. The SMILES string of the molecule is Cc1cccc(C(=O)N(Cc2ccco2)c2nc3c(C)cccc3s2)c1. The van der Waals surface area contributed by atoms with E-state index in [2.05, 4.69) is 0 Å². The molecule has 5 heteroatoms. The number of para-hydroxylation sites is 1. The molecule has 2 aromatic heterocycles. The third-order valence-corrected chi connectivity index (χ3v) is 5.29. The fourth-order valence-electron chi connectivity index (χ4n) is 2.91. The van der Waals surface area contributed by atoms with Crippen LogP contribution >= 0.6 is 11.3 Å². The van der Waals surface area contributed by atoms with Crippen LogP contribution in [0.1, 0.15) is 27.2 Å². The number of carbonyl (C=O) groups excluding carboxylic acids is 1. The van der Waals surface area contributed by atoms with Crippen LogP contribution in [0.5, 0.6) is 0 Å². The number of hydrogen-bond donors (Lipinski definition) is 0. The van der Waals surface area contributed by atoms with E-state index in [4.69, 9.17) is 9.40 Å². The largest absolute Gasteiger partial charge is 0.467 e. The molecule has 130 valence electrons. The molecule has 0 unspecified atom stereocenters. The summed E-state index contributed by atoms with van der Waals surface area (Å²) >= 11 is 1.52. The first kappa shape index (κ1) is 16.5. The monoisotopic (exact) mass is 362 g/mol. The zero-order valence-electron chi connectivity index (χ0n) is 14.6. The molecule has 2 aromatic carbocycles. The van der Waals surface area contributed by atoms with Crippen LogP contribution in [-0.2, 0) is 6.54 Å². The Balaban J connectivity index is 1.79. The van der Waals surface area contributed by atoms with Gasteiger partial charge >= 0.3 is 0 Å². The molecule has 0 bridgehead atoms. The van der Waals surface area contributed by atoms with E-state index in [0.29, 0.717) is 17.2 Å². The molecule has 26 heavy (non-hydrogen) atoms. The molecule has 1 amide bonds. The van der Waals surface area contributed by atoms with Crippen LogP contribution in [0.2, 0.25) is 0 Å². The van der Waals surface area contributed by atoms with Crippen molar-refractivity contribution in [1.29, 1.82) is 0 Å². The highest BCUT2D eigenvalue weighted by Crippen LogP contribution is 2.32. The zero-order chi connectivity index (χ0) is 18.1. The van der Waals surface area contributed by atoms with E-state index < -0.39 is 0 Å². The number of nitrogens with zero attached hydrogens (tertiary/aromatic N) is 2. The Morgan fingerprint density at radius 1 is 1.12 bits per heavy atom. The number of fused-ring (bicyclic) bond motifs is 1. The van der Waals surface area contributed by atoms with Gasteiger partial charge in [-0.1, -0.05) is 41.2 Å². The normalized spacial score (nSPS) is 11.0. The lowest BCUT2D eigenvalue weighted by Crippen LogP contribution is -2.30. The number of aryl methyl sites for hydroxylation is 2. The number of anilines is 1. The van der Waals surface area contributed by atoms with E-state index in [-0.39, 0.29) is 5.91 Å². The van der Waals surface area contributed by atoms with Crippen molar-refractivity contribution in [3.63, 3.8) is 0 Å². The summed E-state index contributed by atoms with van der Waals surface area (Å²) in [5.41, 5.74) is 3.74. The molecule has 0 spiro atoms. The molecular weight excluding hydrogens is 344 g/mol. The van der Waals surface area contributed by atoms with Crippen molar-refractivity contribution in [2.24, 2.45) is 0 Å². The minimum atomic E-state index is -0.0817. The van der Waals surface area contributed by atoms with Gasteiger partial charge in [-0.2, -0.15) is 0 Å². The number of benzene rings is 2. The number of thiazole rings is 1. The number of rotatable bonds is 4. The first-order valence-electron chi connectivity index (χ1n) is 8.39. The van der Waals surface area contributed by atoms with Gasteiger partial charge in [0.25, 0.3) is 5.91 Å². The second kappa shape index (κ2) is 6.77. The van der Waals surface area contributed by atoms with E-state index in [1.54, 1.807) is 11.2 Å². The topological polar surface area (TPSA) is 46.3 Å². The molecule has 0 saturated carbocycles. The summed E-state index contributed by atoms with van der Waals surface area (Å²) in [6, 6.07) is 17.4. The highest BCUT2D eigenvalue weighted by atomic mass is 32.1. The predicted octanol–water partition coefficient (Wildman–Crippen LogP) is 5.35. The van der Waals surface area contributed by atoms with E-state index in [1.165, 1.54) is 11.3 Å². The minimum Gasteiger partial charge on any atom is -0.467 e. The third-order valence-electron chi connectivity index (χ3n) is 4.24. The van der Waals surface area contributed by atoms with E-state index in [0.717, 1.165) is 27.1 Å². The van der Waals surface area contributed by atoms with Gasteiger partial charge in [-0.3, -0.25) is 9.69 Å². The quantitative estimate of drug-likeness (QED) is 0.491. The Morgan fingerprint density at radius 3 is 2.69 bits per heavy atom. The predicted molar refractivity (Wildman–Crippen MR) is 105 cm³/mol. The lowest BCUT2D eigenvalue weighted by atomic mass is 10.1. The molecule has 4 aromatic rings. The highest BCUT2D eigenvalue weighted by molar-refractivity contribution is 7.22. The van der Waals surface area contributed by atoms with Gasteiger partial charge < -0.3 is 4.42 Å². The van der Waals surface area contributed by atoms with Gasteiger partial charge in [0.2, 0.25) is 0 Å². The van der Waals surface area contributed by atoms with Gasteiger partial charge in [0.15, 0.2) is 5.13 Å². The lowest BCUT2D eigenvalue weighted by molar-refractivity contribution is 0.0983. The van der Waals surface area contributed by atoms with E-state index in [9.17, 15) is 4.79 Å². The molecular formula is C21H18N2O2S. The Hall–Kier alpha value is -2.92. The Labute approximate surface area is 155 Å². The molecule has 4 rings (SSSR count).